The molecule has 7 heteroatoms. The number of benzene rings is 1. The molecule has 128 valence electrons. The second-order valence-electron chi connectivity index (χ2n) is 6.36. The van der Waals surface area contributed by atoms with Gasteiger partial charge in [0.2, 0.25) is 0 Å². The van der Waals surface area contributed by atoms with Crippen molar-refractivity contribution < 1.29 is 4.79 Å². The summed E-state index contributed by atoms with van der Waals surface area (Å²) in [5.74, 6) is 0.0563. The molecule has 1 atom stereocenters. The van der Waals surface area contributed by atoms with Crippen molar-refractivity contribution in [1.82, 2.24) is 29.7 Å². The Kier molecular flexibility index (Phi) is 4.05. The molecule has 1 aliphatic heterocycles. The summed E-state index contributed by atoms with van der Waals surface area (Å²) >= 11 is 0. The predicted molar refractivity (Wildman–Crippen MR) is 92.2 cm³/mol. The fourth-order valence-electron chi connectivity index (χ4n) is 3.53. The average molecular weight is 336 g/mol. The monoisotopic (exact) mass is 336 g/mol. The minimum absolute atomic E-state index is 0.0563. The molecule has 1 saturated heterocycles. The van der Waals surface area contributed by atoms with Gasteiger partial charge in [-0.2, -0.15) is 0 Å². The Morgan fingerprint density at radius 2 is 2.12 bits per heavy atom. The number of rotatable bonds is 3. The minimum Gasteiger partial charge on any atom is -0.353 e. The first kappa shape index (κ1) is 15.6. The molecule has 0 bridgehead atoms. The largest absolute Gasteiger partial charge is 0.353 e. The highest BCUT2D eigenvalue weighted by molar-refractivity contribution is 5.95. The Morgan fingerprint density at radius 1 is 1.20 bits per heavy atom. The number of carbonyl (C=O) groups is 1. The van der Waals surface area contributed by atoms with Crippen molar-refractivity contribution in [1.29, 1.82) is 0 Å². The van der Waals surface area contributed by atoms with Gasteiger partial charge in [-0.05, 0) is 60.0 Å². The van der Waals surface area contributed by atoms with Crippen LogP contribution >= 0.6 is 0 Å². The van der Waals surface area contributed by atoms with Crippen LogP contribution in [-0.2, 0) is 7.05 Å². The highest BCUT2D eigenvalue weighted by Crippen LogP contribution is 2.32. The molecular weight excluding hydrogens is 316 g/mol. The fraction of sp³-hybridized carbons (Fsp3) is 0.333. The molecule has 7 nitrogen and oxygen atoms in total. The molecule has 0 aliphatic carbocycles. The molecular formula is C18H20N6O. The molecule has 3 heterocycles. The molecule has 0 N–H and O–H groups in total. The van der Waals surface area contributed by atoms with Crippen LogP contribution in [0.5, 0.6) is 0 Å². The van der Waals surface area contributed by atoms with Crippen LogP contribution in [0.15, 0.2) is 48.9 Å². The minimum atomic E-state index is 0.0563. The van der Waals surface area contributed by atoms with E-state index in [2.05, 4.69) is 26.2 Å². The summed E-state index contributed by atoms with van der Waals surface area (Å²) in [7, 11) is 2.03. The molecule has 0 radical (unpaired) electrons. The van der Waals surface area contributed by atoms with Gasteiger partial charge in [0.1, 0.15) is 6.33 Å². The fourth-order valence-corrected chi connectivity index (χ4v) is 3.53. The van der Waals surface area contributed by atoms with Gasteiger partial charge in [-0.3, -0.25) is 4.79 Å². The molecule has 4 rings (SSSR count). The van der Waals surface area contributed by atoms with Gasteiger partial charge >= 0.3 is 0 Å². The van der Waals surface area contributed by atoms with Crippen LogP contribution in [0.4, 0.5) is 0 Å². The van der Waals surface area contributed by atoms with Gasteiger partial charge in [0, 0.05) is 31.0 Å². The number of likely N-dealkylation sites (tertiary alicyclic amines) is 1. The van der Waals surface area contributed by atoms with E-state index in [-0.39, 0.29) is 11.9 Å². The Hall–Kier alpha value is -2.96. The molecule has 3 aromatic rings. The van der Waals surface area contributed by atoms with Gasteiger partial charge in [-0.15, -0.1) is 5.10 Å². The van der Waals surface area contributed by atoms with Crippen LogP contribution < -0.4 is 0 Å². The Balaban J connectivity index is 1.65. The van der Waals surface area contributed by atoms with Crippen molar-refractivity contribution in [2.24, 2.45) is 7.05 Å². The number of hydrogen-bond donors (Lipinski definition) is 0. The van der Waals surface area contributed by atoms with E-state index >= 15 is 0 Å². The average Bonchev–Trinajstić information content (AvgIpc) is 3.33. The van der Waals surface area contributed by atoms with E-state index in [9.17, 15) is 4.79 Å². The van der Waals surface area contributed by atoms with Gasteiger partial charge in [-0.25, -0.2) is 4.68 Å². The number of nitrogens with zero attached hydrogens (tertiary/aromatic N) is 6. The quantitative estimate of drug-likeness (QED) is 0.736. The Morgan fingerprint density at radius 3 is 2.88 bits per heavy atom. The van der Waals surface area contributed by atoms with Crippen molar-refractivity contribution >= 4 is 5.91 Å². The number of carbonyl (C=O) groups excluding carboxylic acids is 1. The van der Waals surface area contributed by atoms with Gasteiger partial charge in [0.15, 0.2) is 0 Å². The molecule has 1 fully saturated rings. The zero-order chi connectivity index (χ0) is 17.2. The summed E-state index contributed by atoms with van der Waals surface area (Å²) in [5.41, 5.74) is 2.63. The zero-order valence-corrected chi connectivity index (χ0v) is 14.1. The number of aromatic nitrogens is 5. The smallest absolute Gasteiger partial charge is 0.254 e. The molecule has 0 saturated carbocycles. The topological polar surface area (TPSA) is 68.8 Å². The van der Waals surface area contributed by atoms with Crippen LogP contribution in [0.3, 0.4) is 0 Å². The van der Waals surface area contributed by atoms with Crippen LogP contribution in [0.1, 0.15) is 41.4 Å². The number of hydrogen-bond acceptors (Lipinski definition) is 4. The maximum Gasteiger partial charge on any atom is 0.254 e. The number of tetrazole rings is 1. The summed E-state index contributed by atoms with van der Waals surface area (Å²) in [6, 6.07) is 11.7. The summed E-state index contributed by atoms with van der Waals surface area (Å²) in [4.78, 5) is 15.2. The van der Waals surface area contributed by atoms with E-state index in [0.717, 1.165) is 31.5 Å². The second kappa shape index (κ2) is 6.51. The van der Waals surface area contributed by atoms with Crippen LogP contribution in [0.25, 0.3) is 5.69 Å². The lowest BCUT2D eigenvalue weighted by Gasteiger charge is -2.36. The first-order chi connectivity index (χ1) is 12.2. The first-order valence-electron chi connectivity index (χ1n) is 8.49. The SMILES string of the molecule is Cn1cccc1[C@@H]1CCCCN1C(=O)c1cccc(-n2cnnn2)c1. The van der Waals surface area contributed by atoms with E-state index < -0.39 is 0 Å². The zero-order valence-electron chi connectivity index (χ0n) is 14.1. The van der Waals surface area contributed by atoms with Crippen LogP contribution in [-0.4, -0.2) is 42.1 Å². The lowest BCUT2D eigenvalue weighted by molar-refractivity contribution is 0.0602. The van der Waals surface area contributed by atoms with Gasteiger partial charge in [0.25, 0.3) is 5.91 Å². The predicted octanol–water partition coefficient (Wildman–Crippen LogP) is 2.37. The van der Waals surface area contributed by atoms with Gasteiger partial charge in [0.05, 0.1) is 11.7 Å². The van der Waals surface area contributed by atoms with Crippen molar-refractivity contribution in [2.45, 2.75) is 25.3 Å². The summed E-state index contributed by atoms with van der Waals surface area (Å²) in [6.07, 6.45) is 6.74. The Labute approximate surface area is 145 Å². The second-order valence-corrected chi connectivity index (χ2v) is 6.36. The maximum absolute atomic E-state index is 13.2. The number of aryl methyl sites for hydroxylation is 1. The van der Waals surface area contributed by atoms with Crippen molar-refractivity contribution in [3.63, 3.8) is 0 Å². The molecule has 0 unspecified atom stereocenters. The van der Waals surface area contributed by atoms with Crippen LogP contribution in [0, 0.1) is 0 Å². The number of amides is 1. The maximum atomic E-state index is 13.2. The third-order valence-corrected chi connectivity index (χ3v) is 4.80. The van der Waals surface area contributed by atoms with E-state index in [0.29, 0.717) is 5.56 Å². The number of piperidine rings is 1. The molecule has 25 heavy (non-hydrogen) atoms. The first-order valence-corrected chi connectivity index (χ1v) is 8.49. The third-order valence-electron chi connectivity index (χ3n) is 4.80. The van der Waals surface area contributed by atoms with Crippen molar-refractivity contribution in [3.8, 4) is 5.69 Å². The molecule has 1 amide bonds. The van der Waals surface area contributed by atoms with Crippen molar-refractivity contribution in [3.05, 3.63) is 60.2 Å². The third kappa shape index (κ3) is 2.93. The van der Waals surface area contributed by atoms with E-state index in [1.807, 2.05) is 48.5 Å². The standard InChI is InChI=1S/C18H20N6O/c1-22-10-5-9-16(22)17-8-2-3-11-23(17)18(25)14-6-4-7-15(12-14)24-13-19-20-21-24/h4-7,9-10,12-13,17H,2-3,8,11H2,1H3/t17-/m0/s1. The molecule has 2 aromatic heterocycles. The molecule has 1 aromatic carbocycles. The van der Waals surface area contributed by atoms with Crippen LogP contribution in [0.2, 0.25) is 0 Å². The summed E-state index contributed by atoms with van der Waals surface area (Å²) in [5, 5.41) is 11.2. The lowest BCUT2D eigenvalue weighted by Crippen LogP contribution is -2.39. The normalized spacial score (nSPS) is 17.6. The molecule has 1 aliphatic rings. The van der Waals surface area contributed by atoms with Gasteiger partial charge < -0.3 is 9.47 Å². The lowest BCUT2D eigenvalue weighted by atomic mass is 9.98. The molecule has 0 spiro atoms. The highest BCUT2D eigenvalue weighted by atomic mass is 16.2. The summed E-state index contributed by atoms with van der Waals surface area (Å²) in [6.45, 7) is 0.782. The highest BCUT2D eigenvalue weighted by Gasteiger charge is 2.30. The summed E-state index contributed by atoms with van der Waals surface area (Å²) < 4.78 is 3.66. The van der Waals surface area contributed by atoms with E-state index in [1.54, 1.807) is 4.68 Å². The van der Waals surface area contributed by atoms with E-state index in [1.165, 1.54) is 12.0 Å². The van der Waals surface area contributed by atoms with E-state index in [4.69, 9.17) is 0 Å². The van der Waals surface area contributed by atoms with Gasteiger partial charge in [-0.1, -0.05) is 6.07 Å². The Bertz CT molecular complexity index is 869. The van der Waals surface area contributed by atoms with Crippen molar-refractivity contribution in [2.75, 3.05) is 6.54 Å².